The second-order valence-corrected chi connectivity index (χ2v) is 8.17. The van der Waals surface area contributed by atoms with E-state index in [1.54, 1.807) is 24.3 Å². The van der Waals surface area contributed by atoms with Crippen molar-refractivity contribution in [2.75, 3.05) is 5.75 Å². The maximum absolute atomic E-state index is 12.8. The third-order valence-electron chi connectivity index (χ3n) is 4.78. The minimum absolute atomic E-state index is 0.0248. The second kappa shape index (κ2) is 10.1. The summed E-state index contributed by atoms with van der Waals surface area (Å²) in [6.07, 6.45) is 0. The summed E-state index contributed by atoms with van der Waals surface area (Å²) in [6.45, 7) is 2.36. The smallest absolute Gasteiger partial charge is 0.333 e. The van der Waals surface area contributed by atoms with E-state index in [4.69, 9.17) is 0 Å². The van der Waals surface area contributed by atoms with Gasteiger partial charge in [-0.15, -0.1) is 0 Å². The van der Waals surface area contributed by atoms with Gasteiger partial charge >= 0.3 is 5.69 Å². The number of carbonyl (C=O) groups is 1. The summed E-state index contributed by atoms with van der Waals surface area (Å²) >= 11 is 1.02. The van der Waals surface area contributed by atoms with E-state index in [1.807, 2.05) is 37.3 Å². The van der Waals surface area contributed by atoms with E-state index in [0.717, 1.165) is 32.0 Å². The maximum atomic E-state index is 12.8. The van der Waals surface area contributed by atoms with Gasteiger partial charge in [-0.25, -0.2) is 9.79 Å². The summed E-state index contributed by atoms with van der Waals surface area (Å²) < 4.78 is 1.86. The van der Waals surface area contributed by atoms with E-state index in [9.17, 15) is 19.5 Å². The average molecular weight is 453 g/mol. The van der Waals surface area contributed by atoms with Crippen molar-refractivity contribution in [2.24, 2.45) is 19.1 Å². The molecule has 0 radical (unpaired) electrons. The third-order valence-corrected chi connectivity index (χ3v) is 5.76. The summed E-state index contributed by atoms with van der Waals surface area (Å²) in [5, 5.41) is 13.5. The van der Waals surface area contributed by atoms with Crippen LogP contribution in [0, 0.1) is 6.92 Å². The number of rotatable bonds is 6. The highest BCUT2D eigenvalue weighted by atomic mass is 32.2. The van der Waals surface area contributed by atoms with Crippen molar-refractivity contribution in [3.63, 3.8) is 0 Å². The normalized spacial score (nSPS) is 11.4. The zero-order valence-electron chi connectivity index (χ0n) is 18.0. The Kier molecular flexibility index (Phi) is 7.32. The first-order valence-electron chi connectivity index (χ1n) is 9.86. The van der Waals surface area contributed by atoms with E-state index in [2.05, 4.69) is 10.3 Å². The number of carbonyl (C=O) groups excluding carboxylic acids is 1. The highest BCUT2D eigenvalue weighted by Gasteiger charge is 2.21. The average Bonchev–Trinajstić information content (AvgIpc) is 2.80. The van der Waals surface area contributed by atoms with Crippen LogP contribution in [-0.4, -0.2) is 30.9 Å². The molecule has 1 heterocycles. The van der Waals surface area contributed by atoms with Gasteiger partial charge in [0.05, 0.1) is 11.4 Å². The zero-order chi connectivity index (χ0) is 23.3. The Hall–Kier alpha value is -3.59. The van der Waals surface area contributed by atoms with Crippen molar-refractivity contribution in [1.29, 1.82) is 0 Å². The van der Waals surface area contributed by atoms with Gasteiger partial charge in [-0.1, -0.05) is 59.8 Å². The highest BCUT2D eigenvalue weighted by Crippen LogP contribution is 2.22. The molecule has 8 nitrogen and oxygen atoms in total. The first-order valence-corrected chi connectivity index (χ1v) is 10.8. The first-order chi connectivity index (χ1) is 15.3. The van der Waals surface area contributed by atoms with Crippen LogP contribution in [0.5, 0.6) is 5.88 Å². The minimum Gasteiger partial charge on any atom is -0.494 e. The lowest BCUT2D eigenvalue weighted by Crippen LogP contribution is -2.39. The minimum atomic E-state index is -0.687. The van der Waals surface area contributed by atoms with Crippen LogP contribution in [0.3, 0.4) is 0 Å². The van der Waals surface area contributed by atoms with Gasteiger partial charge in [0.25, 0.3) is 5.56 Å². The summed E-state index contributed by atoms with van der Waals surface area (Å²) in [5.74, 6) is -0.777. The summed E-state index contributed by atoms with van der Waals surface area (Å²) in [4.78, 5) is 41.8. The maximum Gasteiger partial charge on any atom is 0.333 e. The molecule has 0 saturated heterocycles. The van der Waals surface area contributed by atoms with Crippen LogP contribution in [0.1, 0.15) is 16.7 Å². The molecular formula is C23H24N4O4S. The van der Waals surface area contributed by atoms with Crippen LogP contribution in [0.15, 0.2) is 69.2 Å². The number of nitrogens with zero attached hydrogens (tertiary/aromatic N) is 3. The number of thioether (sulfide) groups is 1. The van der Waals surface area contributed by atoms with Crippen LogP contribution < -0.4 is 16.6 Å². The number of aryl methyl sites for hydroxylation is 1. The van der Waals surface area contributed by atoms with E-state index in [0.29, 0.717) is 12.2 Å². The van der Waals surface area contributed by atoms with Crippen molar-refractivity contribution in [1.82, 2.24) is 14.5 Å². The van der Waals surface area contributed by atoms with Gasteiger partial charge in [0.2, 0.25) is 11.8 Å². The van der Waals surface area contributed by atoms with Crippen LogP contribution in [0.2, 0.25) is 0 Å². The number of aromatic hydroxyl groups is 1. The molecule has 166 valence electrons. The molecule has 9 heteroatoms. The molecule has 0 aliphatic rings. The molecule has 1 aromatic heterocycles. The molecule has 0 aliphatic heterocycles. The molecule has 0 spiro atoms. The van der Waals surface area contributed by atoms with E-state index >= 15 is 0 Å². The fourth-order valence-corrected chi connectivity index (χ4v) is 3.76. The Labute approximate surface area is 189 Å². The van der Waals surface area contributed by atoms with Crippen molar-refractivity contribution in [3.8, 4) is 5.88 Å². The van der Waals surface area contributed by atoms with Crippen molar-refractivity contribution in [3.05, 3.63) is 92.1 Å². The Balaban J connectivity index is 1.86. The third kappa shape index (κ3) is 5.36. The topological polar surface area (TPSA) is 106 Å². The number of benzene rings is 2. The van der Waals surface area contributed by atoms with E-state index < -0.39 is 17.1 Å². The van der Waals surface area contributed by atoms with Crippen molar-refractivity contribution in [2.45, 2.75) is 13.5 Å². The van der Waals surface area contributed by atoms with E-state index in [-0.39, 0.29) is 22.3 Å². The number of hydrogen-bond donors (Lipinski definition) is 2. The van der Waals surface area contributed by atoms with Gasteiger partial charge in [0.1, 0.15) is 10.6 Å². The Morgan fingerprint density at radius 2 is 1.69 bits per heavy atom. The van der Waals surface area contributed by atoms with Crippen molar-refractivity contribution < 1.29 is 9.90 Å². The molecule has 0 fully saturated rings. The molecule has 32 heavy (non-hydrogen) atoms. The molecule has 2 aromatic carbocycles. The highest BCUT2D eigenvalue weighted by molar-refractivity contribution is 8.15. The quantitative estimate of drug-likeness (QED) is 0.441. The summed E-state index contributed by atoms with van der Waals surface area (Å²) in [7, 11) is 2.69. The van der Waals surface area contributed by atoms with Gasteiger partial charge in [0, 0.05) is 20.6 Å². The predicted octanol–water partition coefficient (Wildman–Crippen LogP) is 2.23. The monoisotopic (exact) mass is 452 g/mol. The van der Waals surface area contributed by atoms with Crippen LogP contribution in [0.4, 0.5) is 5.69 Å². The molecule has 0 aliphatic carbocycles. The van der Waals surface area contributed by atoms with Crippen molar-refractivity contribution >= 4 is 28.4 Å². The molecule has 0 atom stereocenters. The predicted molar refractivity (Wildman–Crippen MR) is 127 cm³/mol. The van der Waals surface area contributed by atoms with Gasteiger partial charge in [0.15, 0.2) is 0 Å². The fraction of sp³-hybridized carbons (Fsp3) is 0.217. The second-order valence-electron chi connectivity index (χ2n) is 7.21. The molecule has 3 aromatic rings. The van der Waals surface area contributed by atoms with Gasteiger partial charge in [-0.05, 0) is 24.6 Å². The van der Waals surface area contributed by atoms with Gasteiger partial charge in [-0.2, -0.15) is 0 Å². The van der Waals surface area contributed by atoms with E-state index in [1.165, 1.54) is 14.1 Å². The Bertz CT molecular complexity index is 1260. The zero-order valence-corrected chi connectivity index (χ0v) is 18.8. The number of hydrogen-bond acceptors (Lipinski definition) is 6. The number of nitrogens with one attached hydrogen (secondary N) is 1. The lowest BCUT2D eigenvalue weighted by atomic mass is 10.1. The van der Waals surface area contributed by atoms with Crippen LogP contribution in [0.25, 0.3) is 0 Å². The molecule has 0 unspecified atom stereocenters. The summed E-state index contributed by atoms with van der Waals surface area (Å²) in [6, 6.07) is 16.7. The number of amides is 1. The lowest BCUT2D eigenvalue weighted by molar-refractivity contribution is -0.118. The molecule has 0 bridgehead atoms. The molecule has 2 N–H and O–H groups in total. The summed E-state index contributed by atoms with van der Waals surface area (Å²) in [5.41, 5.74) is 1.18. The van der Waals surface area contributed by atoms with Crippen LogP contribution in [-0.2, 0) is 25.4 Å². The number of para-hydroxylation sites is 1. The van der Waals surface area contributed by atoms with Gasteiger partial charge < -0.3 is 10.4 Å². The standard InChI is InChI=1S/C23H24N4O4S/c1-15-9-11-16(12-10-15)13-24-18(28)14-32-20(25-17-7-5-4-6-8-17)19-21(29)26(2)23(31)27(3)22(19)30/h4-12,29H,13-14H2,1-3H3,(H,24,28). The SMILES string of the molecule is Cc1ccc(CNC(=O)CSC(=Nc2ccccc2)c2c(O)n(C)c(=O)n(C)c2=O)cc1. The molecule has 0 saturated carbocycles. The Morgan fingerprint density at radius 3 is 2.34 bits per heavy atom. The number of aromatic nitrogens is 2. The van der Waals surface area contributed by atoms with Crippen LogP contribution >= 0.6 is 11.8 Å². The molecule has 1 amide bonds. The number of aliphatic imine (C=N–C) groups is 1. The lowest BCUT2D eigenvalue weighted by Gasteiger charge is -2.12. The van der Waals surface area contributed by atoms with Gasteiger partial charge in [-0.3, -0.25) is 18.7 Å². The molecular weight excluding hydrogens is 428 g/mol. The Morgan fingerprint density at radius 1 is 1.03 bits per heavy atom. The fourth-order valence-electron chi connectivity index (χ4n) is 2.89. The first kappa shape index (κ1) is 23.1. The molecule has 3 rings (SSSR count). The largest absolute Gasteiger partial charge is 0.494 e.